The zero-order valence-corrected chi connectivity index (χ0v) is 13.3. The number of hydrogen-bond donors (Lipinski definition) is 1. The molecule has 0 saturated carbocycles. The third-order valence-corrected chi connectivity index (χ3v) is 5.85. The molecular formula is C14H15F2NO3S2. The summed E-state index contributed by atoms with van der Waals surface area (Å²) in [6.45, 7) is -1.20. The molecule has 120 valence electrons. The van der Waals surface area contributed by atoms with Crippen molar-refractivity contribution in [1.82, 2.24) is 4.72 Å². The fraction of sp³-hybridized carbons (Fsp3) is 0.286. The van der Waals surface area contributed by atoms with E-state index < -0.39 is 22.7 Å². The Balaban J connectivity index is 2.30. The van der Waals surface area contributed by atoms with Crippen LogP contribution in [0.3, 0.4) is 0 Å². The highest BCUT2D eigenvalue weighted by Crippen LogP contribution is 2.30. The number of para-hydroxylation sites is 1. The molecule has 0 amide bonds. The molecule has 4 nitrogen and oxygen atoms in total. The van der Waals surface area contributed by atoms with Crippen LogP contribution in [0.15, 0.2) is 46.0 Å². The van der Waals surface area contributed by atoms with E-state index in [1.54, 1.807) is 36.6 Å². The van der Waals surface area contributed by atoms with Crippen LogP contribution in [-0.2, 0) is 10.0 Å². The number of nitrogens with one attached hydrogen (secondary N) is 1. The van der Waals surface area contributed by atoms with Crippen molar-refractivity contribution >= 4 is 21.4 Å². The standard InChI is InChI=1S/C14H15F2NO3S2/c1-2-11(17-22(18,19)13-8-5-9-21-13)10-6-3-4-7-12(10)20-14(15)16/h3-9,11,14,17H,2H2,1H3. The summed E-state index contributed by atoms with van der Waals surface area (Å²) in [5.41, 5.74) is 0.380. The van der Waals surface area contributed by atoms with E-state index in [1.807, 2.05) is 0 Å². The van der Waals surface area contributed by atoms with Crippen LogP contribution in [0.1, 0.15) is 24.9 Å². The van der Waals surface area contributed by atoms with E-state index in [0.717, 1.165) is 11.3 Å². The molecule has 0 saturated heterocycles. The van der Waals surface area contributed by atoms with Gasteiger partial charge in [0.2, 0.25) is 0 Å². The molecule has 0 fully saturated rings. The maximum atomic E-state index is 12.5. The average molecular weight is 347 g/mol. The first-order valence-corrected chi connectivity index (χ1v) is 8.90. The summed E-state index contributed by atoms with van der Waals surface area (Å²) in [6.07, 6.45) is 0.397. The summed E-state index contributed by atoms with van der Waals surface area (Å²) in [5.74, 6) is -0.0294. The van der Waals surface area contributed by atoms with Gasteiger partial charge in [-0.1, -0.05) is 31.2 Å². The lowest BCUT2D eigenvalue weighted by molar-refractivity contribution is -0.0506. The van der Waals surface area contributed by atoms with Crippen LogP contribution in [0, 0.1) is 0 Å². The number of thiophene rings is 1. The molecule has 2 aromatic rings. The second kappa shape index (κ2) is 7.17. The van der Waals surface area contributed by atoms with E-state index in [4.69, 9.17) is 0 Å². The van der Waals surface area contributed by atoms with E-state index in [9.17, 15) is 17.2 Å². The van der Waals surface area contributed by atoms with E-state index >= 15 is 0 Å². The lowest BCUT2D eigenvalue weighted by atomic mass is 10.0. The van der Waals surface area contributed by atoms with Gasteiger partial charge in [0, 0.05) is 5.56 Å². The molecule has 22 heavy (non-hydrogen) atoms. The predicted molar refractivity (Wildman–Crippen MR) is 80.7 cm³/mol. The highest BCUT2D eigenvalue weighted by molar-refractivity contribution is 7.91. The third-order valence-electron chi connectivity index (χ3n) is 2.98. The first-order chi connectivity index (χ1) is 10.4. The van der Waals surface area contributed by atoms with Crippen LogP contribution < -0.4 is 9.46 Å². The Bertz CT molecular complexity index is 703. The Kier molecular flexibility index (Phi) is 5.49. The van der Waals surface area contributed by atoms with Gasteiger partial charge in [0.1, 0.15) is 9.96 Å². The Morgan fingerprint density at radius 2 is 1.95 bits per heavy atom. The number of sulfonamides is 1. The zero-order chi connectivity index (χ0) is 16.2. The van der Waals surface area contributed by atoms with Crippen molar-refractivity contribution < 1.29 is 21.9 Å². The van der Waals surface area contributed by atoms with Crippen molar-refractivity contribution in [2.45, 2.75) is 30.2 Å². The molecule has 1 aromatic carbocycles. The number of alkyl halides is 2. The summed E-state index contributed by atoms with van der Waals surface area (Å²) in [6, 6.07) is 8.64. The number of rotatable bonds is 7. The molecular weight excluding hydrogens is 332 g/mol. The van der Waals surface area contributed by atoms with Gasteiger partial charge in [0.15, 0.2) is 0 Å². The number of ether oxygens (including phenoxy) is 1. The number of hydrogen-bond acceptors (Lipinski definition) is 4. The Morgan fingerprint density at radius 3 is 2.55 bits per heavy atom. The quantitative estimate of drug-likeness (QED) is 0.829. The maximum absolute atomic E-state index is 12.5. The first kappa shape index (κ1) is 16.9. The van der Waals surface area contributed by atoms with Crippen molar-refractivity contribution in [3.05, 3.63) is 47.3 Å². The van der Waals surface area contributed by atoms with Gasteiger partial charge >= 0.3 is 6.61 Å². The minimum absolute atomic E-state index is 0.0294. The zero-order valence-electron chi connectivity index (χ0n) is 11.7. The van der Waals surface area contributed by atoms with E-state index in [0.29, 0.717) is 12.0 Å². The summed E-state index contributed by atoms with van der Waals surface area (Å²) < 4.78 is 56.7. The van der Waals surface area contributed by atoms with Crippen LogP contribution in [-0.4, -0.2) is 15.0 Å². The van der Waals surface area contributed by atoms with Crippen LogP contribution in [0.5, 0.6) is 5.75 Å². The molecule has 0 bridgehead atoms. The van der Waals surface area contributed by atoms with E-state index in [2.05, 4.69) is 9.46 Å². The van der Waals surface area contributed by atoms with Crippen molar-refractivity contribution in [1.29, 1.82) is 0 Å². The van der Waals surface area contributed by atoms with E-state index in [1.165, 1.54) is 12.1 Å². The monoisotopic (exact) mass is 347 g/mol. The number of benzene rings is 1. The van der Waals surface area contributed by atoms with E-state index in [-0.39, 0.29) is 9.96 Å². The van der Waals surface area contributed by atoms with Gasteiger partial charge in [0.05, 0.1) is 6.04 Å². The van der Waals surface area contributed by atoms with Crippen LogP contribution in [0.2, 0.25) is 0 Å². The summed E-state index contributed by atoms with van der Waals surface area (Å²) in [5, 5.41) is 1.66. The molecule has 2 rings (SSSR count). The van der Waals surface area contributed by atoms with Gasteiger partial charge in [-0.05, 0) is 23.9 Å². The lowest BCUT2D eigenvalue weighted by Gasteiger charge is -2.20. The minimum Gasteiger partial charge on any atom is -0.434 e. The molecule has 1 heterocycles. The van der Waals surface area contributed by atoms with Gasteiger partial charge in [-0.3, -0.25) is 0 Å². The first-order valence-electron chi connectivity index (χ1n) is 6.53. The Morgan fingerprint density at radius 1 is 1.23 bits per heavy atom. The fourth-order valence-electron chi connectivity index (χ4n) is 2.00. The van der Waals surface area contributed by atoms with Gasteiger partial charge in [-0.25, -0.2) is 13.1 Å². The summed E-state index contributed by atoms with van der Waals surface area (Å²) in [4.78, 5) is 0. The smallest absolute Gasteiger partial charge is 0.387 e. The minimum atomic E-state index is -3.70. The molecule has 1 aromatic heterocycles. The van der Waals surface area contributed by atoms with Crippen molar-refractivity contribution in [2.75, 3.05) is 0 Å². The molecule has 0 aliphatic rings. The summed E-state index contributed by atoms with van der Waals surface area (Å²) >= 11 is 1.09. The largest absolute Gasteiger partial charge is 0.434 e. The predicted octanol–water partition coefficient (Wildman–Crippen LogP) is 3.78. The van der Waals surface area contributed by atoms with Crippen molar-refractivity contribution in [3.63, 3.8) is 0 Å². The lowest BCUT2D eigenvalue weighted by Crippen LogP contribution is -2.28. The molecule has 1 unspecified atom stereocenters. The number of halogens is 2. The van der Waals surface area contributed by atoms with Gasteiger partial charge in [-0.15, -0.1) is 11.3 Å². The maximum Gasteiger partial charge on any atom is 0.387 e. The molecule has 0 aliphatic carbocycles. The highest BCUT2D eigenvalue weighted by Gasteiger charge is 2.24. The molecule has 0 aliphatic heterocycles. The second-order valence-electron chi connectivity index (χ2n) is 4.43. The molecule has 1 atom stereocenters. The Hall–Kier alpha value is -1.51. The average Bonchev–Trinajstić information content (AvgIpc) is 3.00. The topological polar surface area (TPSA) is 55.4 Å². The normalized spacial score (nSPS) is 13.3. The Labute approximate surface area is 131 Å². The fourth-order valence-corrected chi connectivity index (χ4v) is 4.31. The highest BCUT2D eigenvalue weighted by atomic mass is 32.2. The van der Waals surface area contributed by atoms with Gasteiger partial charge in [-0.2, -0.15) is 8.78 Å². The van der Waals surface area contributed by atoms with Crippen LogP contribution >= 0.6 is 11.3 Å². The second-order valence-corrected chi connectivity index (χ2v) is 7.32. The molecule has 8 heteroatoms. The van der Waals surface area contributed by atoms with Gasteiger partial charge in [0.25, 0.3) is 10.0 Å². The van der Waals surface area contributed by atoms with Crippen LogP contribution in [0.25, 0.3) is 0 Å². The van der Waals surface area contributed by atoms with Gasteiger partial charge < -0.3 is 4.74 Å². The van der Waals surface area contributed by atoms with Crippen molar-refractivity contribution in [2.24, 2.45) is 0 Å². The van der Waals surface area contributed by atoms with Crippen molar-refractivity contribution in [3.8, 4) is 5.75 Å². The third kappa shape index (κ3) is 4.02. The molecule has 0 spiro atoms. The van der Waals surface area contributed by atoms with Crippen LogP contribution in [0.4, 0.5) is 8.78 Å². The molecule has 1 N–H and O–H groups in total. The SMILES string of the molecule is CCC(NS(=O)(=O)c1cccs1)c1ccccc1OC(F)F. The molecule has 0 radical (unpaired) electrons. The summed E-state index contributed by atoms with van der Waals surface area (Å²) in [7, 11) is -3.70.